The van der Waals surface area contributed by atoms with Crippen molar-refractivity contribution < 1.29 is 33.4 Å². The molecule has 0 aromatic heterocycles. The smallest absolute Gasteiger partial charge is 0.326 e. The zero-order valence-electron chi connectivity index (χ0n) is 15.8. The van der Waals surface area contributed by atoms with Gasteiger partial charge in [0.2, 0.25) is 0 Å². The number of ether oxygens (including phenoxy) is 3. The quantitative estimate of drug-likeness (QED) is 0.534. The molecule has 4 rings (SSSR count). The summed E-state index contributed by atoms with van der Waals surface area (Å²) in [6.07, 6.45) is 0. The first-order valence-corrected chi connectivity index (χ1v) is 9.79. The summed E-state index contributed by atoms with van der Waals surface area (Å²) >= 11 is 11.8. The molecule has 2 aromatic carbocycles. The highest BCUT2D eigenvalue weighted by molar-refractivity contribution is 6.43. The van der Waals surface area contributed by atoms with Gasteiger partial charge in [-0.2, -0.15) is 0 Å². The number of fused-ring (bicyclic) bond motifs is 2. The maximum absolute atomic E-state index is 12.4. The SMILES string of the molecule is O=C(COC(=O)CN1C(=O)c2cc(Cl)c(Cl)cc2C1=O)Nc1ccc2c(c1)OCCO2. The van der Waals surface area contributed by atoms with Gasteiger partial charge in [0.1, 0.15) is 19.8 Å². The second-order valence-corrected chi connectivity index (χ2v) is 7.39. The largest absolute Gasteiger partial charge is 0.486 e. The number of rotatable bonds is 5. The third-order valence-corrected chi connectivity index (χ3v) is 5.21. The van der Waals surface area contributed by atoms with E-state index >= 15 is 0 Å². The lowest BCUT2D eigenvalue weighted by atomic mass is 10.1. The van der Waals surface area contributed by atoms with Gasteiger partial charge in [-0.3, -0.25) is 24.1 Å². The number of esters is 1. The molecule has 11 heteroatoms. The number of hydrogen-bond acceptors (Lipinski definition) is 7. The van der Waals surface area contributed by atoms with Crippen LogP contribution in [0.5, 0.6) is 11.5 Å². The van der Waals surface area contributed by atoms with Crippen molar-refractivity contribution in [1.82, 2.24) is 4.90 Å². The third-order valence-electron chi connectivity index (χ3n) is 4.49. The number of imide groups is 1. The Morgan fingerprint density at radius 1 is 0.968 bits per heavy atom. The Balaban J connectivity index is 1.32. The minimum atomic E-state index is -0.927. The number of benzene rings is 2. The Morgan fingerprint density at radius 2 is 1.58 bits per heavy atom. The van der Waals surface area contributed by atoms with Crippen molar-refractivity contribution in [3.63, 3.8) is 0 Å². The first kappa shape index (κ1) is 21.0. The Kier molecular flexibility index (Phi) is 5.71. The second-order valence-electron chi connectivity index (χ2n) is 6.58. The second kappa shape index (κ2) is 8.44. The Labute approximate surface area is 185 Å². The summed E-state index contributed by atoms with van der Waals surface area (Å²) in [6, 6.07) is 7.39. The number of amides is 3. The van der Waals surface area contributed by atoms with E-state index in [1.165, 1.54) is 12.1 Å². The topological polar surface area (TPSA) is 111 Å². The van der Waals surface area contributed by atoms with Gasteiger partial charge in [0, 0.05) is 11.8 Å². The number of hydrogen-bond donors (Lipinski definition) is 1. The van der Waals surface area contributed by atoms with Crippen LogP contribution >= 0.6 is 23.2 Å². The van der Waals surface area contributed by atoms with Gasteiger partial charge >= 0.3 is 5.97 Å². The Morgan fingerprint density at radius 3 is 2.23 bits per heavy atom. The van der Waals surface area contributed by atoms with Gasteiger partial charge < -0.3 is 19.5 Å². The van der Waals surface area contributed by atoms with E-state index in [0.29, 0.717) is 35.3 Å². The molecular formula is C20H14Cl2N2O7. The monoisotopic (exact) mass is 464 g/mol. The molecule has 2 aromatic rings. The lowest BCUT2D eigenvalue weighted by Crippen LogP contribution is -2.36. The van der Waals surface area contributed by atoms with E-state index in [1.54, 1.807) is 18.2 Å². The van der Waals surface area contributed by atoms with Gasteiger partial charge in [-0.05, 0) is 24.3 Å². The fraction of sp³-hybridized carbons (Fsp3) is 0.200. The molecule has 1 N–H and O–H groups in total. The van der Waals surface area contributed by atoms with Crippen molar-refractivity contribution in [2.24, 2.45) is 0 Å². The summed E-state index contributed by atoms with van der Waals surface area (Å²) in [5.41, 5.74) is 0.520. The molecule has 0 unspecified atom stereocenters. The molecule has 31 heavy (non-hydrogen) atoms. The van der Waals surface area contributed by atoms with Crippen LogP contribution in [0.1, 0.15) is 20.7 Å². The minimum Gasteiger partial charge on any atom is -0.486 e. The van der Waals surface area contributed by atoms with Crippen LogP contribution in [0, 0.1) is 0 Å². The van der Waals surface area contributed by atoms with Crippen LogP contribution in [0.25, 0.3) is 0 Å². The van der Waals surface area contributed by atoms with E-state index in [0.717, 1.165) is 0 Å². The molecule has 2 aliphatic heterocycles. The lowest BCUT2D eigenvalue weighted by molar-refractivity contribution is -0.147. The van der Waals surface area contributed by atoms with E-state index in [2.05, 4.69) is 5.32 Å². The summed E-state index contributed by atoms with van der Waals surface area (Å²) in [6.45, 7) is -0.410. The highest BCUT2D eigenvalue weighted by Gasteiger charge is 2.37. The highest BCUT2D eigenvalue weighted by atomic mass is 35.5. The molecule has 0 radical (unpaired) electrons. The fourth-order valence-electron chi connectivity index (χ4n) is 3.07. The van der Waals surface area contributed by atoms with Gasteiger partial charge in [0.15, 0.2) is 18.1 Å². The van der Waals surface area contributed by atoms with E-state index in [4.69, 9.17) is 37.4 Å². The number of nitrogens with one attached hydrogen (secondary N) is 1. The molecule has 0 aliphatic carbocycles. The average molecular weight is 465 g/mol. The zero-order chi connectivity index (χ0) is 22.1. The zero-order valence-corrected chi connectivity index (χ0v) is 17.3. The Bertz CT molecular complexity index is 1080. The number of carbonyl (C=O) groups excluding carboxylic acids is 4. The van der Waals surface area contributed by atoms with Crippen LogP contribution in [0.4, 0.5) is 5.69 Å². The molecule has 9 nitrogen and oxygen atoms in total. The molecule has 2 heterocycles. The summed E-state index contributed by atoms with van der Waals surface area (Å²) in [7, 11) is 0. The summed E-state index contributed by atoms with van der Waals surface area (Å²) in [4.78, 5) is 49.7. The van der Waals surface area contributed by atoms with Crippen LogP contribution < -0.4 is 14.8 Å². The van der Waals surface area contributed by atoms with E-state index in [-0.39, 0.29) is 21.2 Å². The Hall–Kier alpha value is -3.30. The number of halogens is 2. The highest BCUT2D eigenvalue weighted by Crippen LogP contribution is 2.33. The number of carbonyl (C=O) groups is 4. The van der Waals surface area contributed by atoms with Crippen LogP contribution in [0.15, 0.2) is 30.3 Å². The van der Waals surface area contributed by atoms with Gasteiger partial charge in [0.25, 0.3) is 17.7 Å². The first-order chi connectivity index (χ1) is 14.8. The molecule has 0 fully saturated rings. The van der Waals surface area contributed by atoms with Crippen molar-refractivity contribution >= 4 is 52.6 Å². The molecule has 0 spiro atoms. The summed E-state index contributed by atoms with van der Waals surface area (Å²) in [5, 5.41) is 2.78. The number of nitrogens with zero attached hydrogens (tertiary/aromatic N) is 1. The lowest BCUT2D eigenvalue weighted by Gasteiger charge is -2.19. The van der Waals surface area contributed by atoms with Gasteiger partial charge in [-0.25, -0.2) is 0 Å². The number of anilines is 1. The first-order valence-electron chi connectivity index (χ1n) is 9.04. The van der Waals surface area contributed by atoms with Crippen LogP contribution in [-0.4, -0.2) is 55.0 Å². The van der Waals surface area contributed by atoms with Crippen molar-refractivity contribution in [2.45, 2.75) is 0 Å². The van der Waals surface area contributed by atoms with Gasteiger partial charge in [-0.15, -0.1) is 0 Å². The maximum atomic E-state index is 12.4. The fourth-order valence-corrected chi connectivity index (χ4v) is 3.39. The molecule has 0 saturated carbocycles. The van der Waals surface area contributed by atoms with Crippen molar-refractivity contribution in [3.8, 4) is 11.5 Å². The van der Waals surface area contributed by atoms with Crippen LogP contribution in [0.3, 0.4) is 0 Å². The minimum absolute atomic E-state index is 0.0450. The third kappa shape index (κ3) is 4.28. The van der Waals surface area contributed by atoms with Crippen molar-refractivity contribution in [1.29, 1.82) is 0 Å². The summed E-state index contributed by atoms with van der Waals surface area (Å²) < 4.78 is 15.7. The van der Waals surface area contributed by atoms with Crippen LogP contribution in [-0.2, 0) is 14.3 Å². The van der Waals surface area contributed by atoms with Crippen LogP contribution in [0.2, 0.25) is 10.0 Å². The van der Waals surface area contributed by atoms with E-state index < -0.39 is 36.8 Å². The molecule has 160 valence electrons. The maximum Gasteiger partial charge on any atom is 0.326 e. The molecule has 0 saturated heterocycles. The normalized spacial score (nSPS) is 14.3. The summed E-state index contributed by atoms with van der Waals surface area (Å²) in [5.74, 6) is -1.87. The van der Waals surface area contributed by atoms with Gasteiger partial charge in [-0.1, -0.05) is 23.2 Å². The molecule has 0 bridgehead atoms. The average Bonchev–Trinajstić information content (AvgIpc) is 2.97. The van der Waals surface area contributed by atoms with Gasteiger partial charge in [0.05, 0.1) is 21.2 Å². The van der Waals surface area contributed by atoms with Crippen molar-refractivity contribution in [3.05, 3.63) is 51.5 Å². The molecule has 3 amide bonds. The molecule has 2 aliphatic rings. The predicted molar refractivity (Wildman–Crippen MR) is 109 cm³/mol. The molecule has 0 atom stereocenters. The van der Waals surface area contributed by atoms with E-state index in [1.807, 2.05) is 0 Å². The standard InChI is InChI=1S/C20H14Cl2N2O7/c21-13-6-11-12(7-14(13)22)20(28)24(19(11)27)8-18(26)31-9-17(25)23-10-1-2-15-16(5-10)30-4-3-29-15/h1-2,5-7H,3-4,8-9H2,(H,23,25). The molecular weight excluding hydrogens is 451 g/mol. The van der Waals surface area contributed by atoms with Crippen molar-refractivity contribution in [2.75, 3.05) is 31.7 Å². The predicted octanol–water partition coefficient (Wildman–Crippen LogP) is 2.54. The van der Waals surface area contributed by atoms with E-state index in [9.17, 15) is 19.2 Å².